The highest BCUT2D eigenvalue weighted by atomic mass is 35.5. The fourth-order valence-electron chi connectivity index (χ4n) is 4.39. The van der Waals surface area contributed by atoms with Gasteiger partial charge in [0.15, 0.2) is 0 Å². The number of rotatable bonds is 6. The predicted molar refractivity (Wildman–Crippen MR) is 130 cm³/mol. The van der Waals surface area contributed by atoms with Gasteiger partial charge in [0.1, 0.15) is 0 Å². The Morgan fingerprint density at radius 1 is 0.567 bits per heavy atom. The quantitative estimate of drug-likeness (QED) is 0.284. The molecule has 4 aromatic rings. The molecule has 0 heterocycles. The summed E-state index contributed by atoms with van der Waals surface area (Å²) in [6.07, 6.45) is 3.75. The van der Waals surface area contributed by atoms with Gasteiger partial charge in [-0.2, -0.15) is 0 Å². The number of hydrogen-bond donors (Lipinski definition) is 0. The first-order chi connectivity index (χ1) is 14.7. The van der Waals surface area contributed by atoms with Crippen molar-refractivity contribution in [2.45, 2.75) is 5.41 Å². The second kappa shape index (κ2) is 8.57. The Hall–Kier alpha value is -3.35. The Kier molecular flexibility index (Phi) is 5.70. The molecule has 0 amide bonds. The topological polar surface area (TPSA) is 0 Å². The lowest BCUT2D eigenvalue weighted by atomic mass is 9.63. The summed E-state index contributed by atoms with van der Waals surface area (Å²) in [4.78, 5) is 0. The third-order valence-electron chi connectivity index (χ3n) is 5.65. The van der Waals surface area contributed by atoms with E-state index in [0.717, 1.165) is 33.4 Å². The van der Waals surface area contributed by atoms with Crippen LogP contribution >= 0.6 is 11.6 Å². The van der Waals surface area contributed by atoms with Gasteiger partial charge in [-0.15, -0.1) is 0 Å². The third-order valence-corrected chi connectivity index (χ3v) is 5.96. The van der Waals surface area contributed by atoms with Crippen molar-refractivity contribution >= 4 is 23.8 Å². The van der Waals surface area contributed by atoms with Gasteiger partial charge >= 0.3 is 0 Å². The summed E-state index contributed by atoms with van der Waals surface area (Å²) < 4.78 is 0. The molecular formula is C29H23Cl. The van der Waals surface area contributed by atoms with E-state index in [1.807, 2.05) is 42.5 Å². The molecule has 146 valence electrons. The van der Waals surface area contributed by atoms with Gasteiger partial charge < -0.3 is 0 Å². The minimum absolute atomic E-state index is 0.608. The van der Waals surface area contributed by atoms with Gasteiger partial charge in [-0.1, -0.05) is 134 Å². The largest absolute Gasteiger partial charge is 0.0984 e. The van der Waals surface area contributed by atoms with Gasteiger partial charge in [-0.25, -0.2) is 0 Å². The van der Waals surface area contributed by atoms with Crippen LogP contribution in [0.5, 0.6) is 0 Å². The maximum absolute atomic E-state index is 6.99. The molecule has 0 aliphatic carbocycles. The first-order valence-electron chi connectivity index (χ1n) is 9.98. The molecule has 0 aromatic heterocycles. The average molecular weight is 407 g/mol. The molecule has 4 rings (SSSR count). The first kappa shape index (κ1) is 19.9. The molecule has 0 atom stereocenters. The van der Waals surface area contributed by atoms with Crippen LogP contribution < -0.4 is 0 Å². The highest BCUT2D eigenvalue weighted by molar-refractivity contribution is 6.32. The molecule has 4 aromatic carbocycles. The third kappa shape index (κ3) is 3.20. The molecule has 0 bridgehead atoms. The van der Waals surface area contributed by atoms with Crippen molar-refractivity contribution < 1.29 is 0 Å². The molecule has 0 N–H and O–H groups in total. The zero-order valence-electron chi connectivity index (χ0n) is 16.8. The monoisotopic (exact) mass is 406 g/mol. The van der Waals surface area contributed by atoms with Crippen molar-refractivity contribution in [3.05, 3.63) is 155 Å². The summed E-state index contributed by atoms with van der Waals surface area (Å²) in [6, 6.07) is 35.6. The van der Waals surface area contributed by atoms with Crippen LogP contribution in [0.25, 0.3) is 12.2 Å². The lowest BCUT2D eigenvalue weighted by Gasteiger charge is -2.39. The Bertz CT molecular complexity index is 1060. The summed E-state index contributed by atoms with van der Waals surface area (Å²) in [5.74, 6) is 0. The van der Waals surface area contributed by atoms with E-state index >= 15 is 0 Å². The Morgan fingerprint density at radius 2 is 1.00 bits per heavy atom. The van der Waals surface area contributed by atoms with Crippen molar-refractivity contribution in [1.82, 2.24) is 0 Å². The van der Waals surface area contributed by atoms with Gasteiger partial charge in [0.05, 0.1) is 5.41 Å². The second-order valence-corrected chi connectivity index (χ2v) is 7.59. The molecular weight excluding hydrogens is 384 g/mol. The molecule has 30 heavy (non-hydrogen) atoms. The molecule has 0 radical (unpaired) electrons. The van der Waals surface area contributed by atoms with Crippen LogP contribution in [0.1, 0.15) is 33.4 Å². The predicted octanol–water partition coefficient (Wildman–Crippen LogP) is 8.01. The lowest BCUT2D eigenvalue weighted by molar-refractivity contribution is 0.743. The molecule has 0 aliphatic heterocycles. The normalized spacial score (nSPS) is 11.1. The van der Waals surface area contributed by atoms with Crippen LogP contribution in [0.2, 0.25) is 5.02 Å². The molecule has 0 unspecified atom stereocenters. The minimum Gasteiger partial charge on any atom is -0.0984 e. The van der Waals surface area contributed by atoms with E-state index in [-0.39, 0.29) is 0 Å². The molecule has 0 saturated heterocycles. The van der Waals surface area contributed by atoms with E-state index in [0.29, 0.717) is 5.02 Å². The number of halogens is 1. The van der Waals surface area contributed by atoms with E-state index < -0.39 is 5.41 Å². The Balaban J connectivity index is 2.27. The maximum Gasteiger partial charge on any atom is 0.0722 e. The van der Waals surface area contributed by atoms with E-state index in [1.165, 1.54) is 0 Å². The van der Waals surface area contributed by atoms with Crippen molar-refractivity contribution in [2.24, 2.45) is 0 Å². The zero-order valence-corrected chi connectivity index (χ0v) is 17.5. The van der Waals surface area contributed by atoms with Gasteiger partial charge in [0, 0.05) is 5.02 Å². The molecule has 0 fully saturated rings. The van der Waals surface area contributed by atoms with Crippen LogP contribution in [-0.2, 0) is 5.41 Å². The van der Waals surface area contributed by atoms with Crippen molar-refractivity contribution in [3.63, 3.8) is 0 Å². The fraction of sp³-hybridized carbons (Fsp3) is 0.0345. The SMILES string of the molecule is C=Cc1ccc(Cl)c(C(c2ccccc2)(c2ccccc2)c2ccccc2)c1C=C. The van der Waals surface area contributed by atoms with Crippen LogP contribution in [0.3, 0.4) is 0 Å². The summed E-state index contributed by atoms with van der Waals surface area (Å²) in [5.41, 5.74) is 5.85. The Labute approximate surface area is 183 Å². The minimum atomic E-state index is -0.608. The Morgan fingerprint density at radius 3 is 1.37 bits per heavy atom. The second-order valence-electron chi connectivity index (χ2n) is 7.18. The molecule has 0 spiro atoms. The van der Waals surface area contributed by atoms with E-state index in [4.69, 9.17) is 11.6 Å². The van der Waals surface area contributed by atoms with Crippen molar-refractivity contribution in [3.8, 4) is 0 Å². The summed E-state index contributed by atoms with van der Waals surface area (Å²) in [6.45, 7) is 8.15. The van der Waals surface area contributed by atoms with Gasteiger partial charge in [0.25, 0.3) is 0 Å². The van der Waals surface area contributed by atoms with Gasteiger partial charge in [-0.05, 0) is 39.4 Å². The first-order valence-corrected chi connectivity index (χ1v) is 10.4. The average Bonchev–Trinajstić information content (AvgIpc) is 2.82. The van der Waals surface area contributed by atoms with Gasteiger partial charge in [-0.3, -0.25) is 0 Å². The molecule has 0 nitrogen and oxygen atoms in total. The highest BCUT2D eigenvalue weighted by Crippen LogP contribution is 2.49. The van der Waals surface area contributed by atoms with Gasteiger partial charge in [0.2, 0.25) is 0 Å². The van der Waals surface area contributed by atoms with Crippen molar-refractivity contribution in [1.29, 1.82) is 0 Å². The summed E-state index contributed by atoms with van der Waals surface area (Å²) in [5, 5.41) is 0.701. The van der Waals surface area contributed by atoms with Crippen LogP contribution in [-0.4, -0.2) is 0 Å². The smallest absolute Gasteiger partial charge is 0.0722 e. The number of hydrogen-bond acceptors (Lipinski definition) is 0. The highest BCUT2D eigenvalue weighted by Gasteiger charge is 2.41. The van der Waals surface area contributed by atoms with Crippen molar-refractivity contribution in [2.75, 3.05) is 0 Å². The number of benzene rings is 4. The van der Waals surface area contributed by atoms with E-state index in [1.54, 1.807) is 0 Å². The fourth-order valence-corrected chi connectivity index (χ4v) is 4.69. The van der Waals surface area contributed by atoms with Crippen LogP contribution in [0.4, 0.5) is 0 Å². The summed E-state index contributed by atoms with van der Waals surface area (Å²) >= 11 is 6.99. The molecule has 1 heteroatoms. The standard InChI is InChI=1S/C29H23Cl/c1-3-22-20-21-27(30)28(26(22)4-2)29(23-14-8-5-9-15-23,24-16-10-6-11-17-24)25-18-12-7-13-19-25/h3-21H,1-2H2. The van der Waals surface area contributed by atoms with E-state index in [9.17, 15) is 0 Å². The molecule has 0 saturated carbocycles. The van der Waals surface area contributed by atoms with E-state index in [2.05, 4.69) is 86.0 Å². The lowest BCUT2D eigenvalue weighted by Crippen LogP contribution is -2.32. The van der Waals surface area contributed by atoms with Crippen LogP contribution in [0, 0.1) is 0 Å². The maximum atomic E-state index is 6.99. The van der Waals surface area contributed by atoms with Crippen LogP contribution in [0.15, 0.2) is 116 Å². The molecule has 0 aliphatic rings. The zero-order chi connectivity index (χ0) is 21.0. The summed E-state index contributed by atoms with van der Waals surface area (Å²) in [7, 11) is 0.